The number of rotatable bonds is 4. The molecule has 0 saturated carbocycles. The second kappa shape index (κ2) is 8.65. The number of halogens is 2. The van der Waals surface area contributed by atoms with Crippen LogP contribution in [-0.4, -0.2) is 23.2 Å². The van der Waals surface area contributed by atoms with E-state index in [9.17, 15) is 4.79 Å². The number of amides is 1. The van der Waals surface area contributed by atoms with Gasteiger partial charge in [0.05, 0.1) is 33.8 Å². The molecule has 4 aromatic carbocycles. The van der Waals surface area contributed by atoms with Crippen LogP contribution in [0, 0.1) is 0 Å². The zero-order chi connectivity index (χ0) is 22.9. The molecule has 8 heteroatoms. The van der Waals surface area contributed by atoms with Crippen molar-refractivity contribution in [3.8, 4) is 22.9 Å². The van der Waals surface area contributed by atoms with Crippen molar-refractivity contribution >= 4 is 56.8 Å². The van der Waals surface area contributed by atoms with Crippen LogP contribution in [0.1, 0.15) is 0 Å². The lowest BCUT2D eigenvalue weighted by molar-refractivity contribution is 0.215. The molecule has 0 aliphatic carbocycles. The summed E-state index contributed by atoms with van der Waals surface area (Å²) >= 11 is 12.6. The van der Waals surface area contributed by atoms with Gasteiger partial charge in [0, 0.05) is 23.2 Å². The average molecular weight is 478 g/mol. The van der Waals surface area contributed by atoms with E-state index in [0.29, 0.717) is 49.7 Å². The Labute approximate surface area is 199 Å². The predicted octanol–water partition coefficient (Wildman–Crippen LogP) is 7.31. The summed E-state index contributed by atoms with van der Waals surface area (Å²) in [5, 5.41) is 5.63. The summed E-state index contributed by atoms with van der Waals surface area (Å²) in [4.78, 5) is 20.3. The van der Waals surface area contributed by atoms with E-state index in [1.54, 1.807) is 49.6 Å². The van der Waals surface area contributed by atoms with Gasteiger partial charge in [-0.05, 0) is 35.7 Å². The van der Waals surface area contributed by atoms with Crippen molar-refractivity contribution in [2.24, 2.45) is 0 Å². The smallest absolute Gasteiger partial charge is 0.417 e. The van der Waals surface area contributed by atoms with E-state index in [-0.39, 0.29) is 0 Å². The molecule has 0 atom stereocenters. The molecule has 1 amide bonds. The number of ether oxygens (including phenoxy) is 2. The van der Waals surface area contributed by atoms with E-state index in [0.717, 1.165) is 10.8 Å². The van der Waals surface area contributed by atoms with Crippen LogP contribution in [0.2, 0.25) is 10.0 Å². The fraction of sp³-hybridized carbons (Fsp3) is 0.0400. The first-order chi connectivity index (χ1) is 16.0. The van der Waals surface area contributed by atoms with Crippen LogP contribution in [0.15, 0.2) is 72.8 Å². The van der Waals surface area contributed by atoms with Crippen LogP contribution in [0.5, 0.6) is 11.5 Å². The Morgan fingerprint density at radius 1 is 0.970 bits per heavy atom. The molecule has 33 heavy (non-hydrogen) atoms. The number of aromatic amines is 1. The lowest BCUT2D eigenvalue weighted by atomic mass is 10.1. The first-order valence-corrected chi connectivity index (χ1v) is 10.8. The van der Waals surface area contributed by atoms with Crippen molar-refractivity contribution in [2.45, 2.75) is 0 Å². The highest BCUT2D eigenvalue weighted by atomic mass is 35.5. The van der Waals surface area contributed by atoms with Crippen molar-refractivity contribution in [3.63, 3.8) is 0 Å². The molecule has 1 aromatic heterocycles. The van der Waals surface area contributed by atoms with E-state index in [1.165, 1.54) is 0 Å². The third-order valence-electron chi connectivity index (χ3n) is 5.15. The van der Waals surface area contributed by atoms with Gasteiger partial charge in [-0.2, -0.15) is 0 Å². The van der Waals surface area contributed by atoms with Gasteiger partial charge in [-0.15, -0.1) is 0 Å². The standard InChI is InChI=1S/C25H17Cl2N3O3/c1-32-22-12-15(11-14-5-2-3-6-17(14)22)28-25(31)33-16-9-10-20-21(13-16)30-24(29-20)23-18(26)7-4-8-19(23)27/h2-13H,1H3,(H,28,31)(H,29,30). The number of nitrogens with zero attached hydrogens (tertiary/aromatic N) is 1. The molecule has 5 aromatic rings. The Kier molecular flexibility index (Phi) is 5.54. The van der Waals surface area contributed by atoms with Crippen LogP contribution in [-0.2, 0) is 0 Å². The number of carbonyl (C=O) groups excluding carboxylic acids is 1. The molecule has 0 aliphatic heterocycles. The van der Waals surface area contributed by atoms with Crippen LogP contribution >= 0.6 is 23.2 Å². The quantitative estimate of drug-likeness (QED) is 0.284. The summed E-state index contributed by atoms with van der Waals surface area (Å²) in [6, 6.07) is 21.7. The van der Waals surface area contributed by atoms with Crippen LogP contribution in [0.3, 0.4) is 0 Å². The van der Waals surface area contributed by atoms with Gasteiger partial charge in [0.2, 0.25) is 0 Å². The first kappa shape index (κ1) is 21.1. The van der Waals surface area contributed by atoms with Crippen molar-refractivity contribution in [1.82, 2.24) is 9.97 Å². The summed E-state index contributed by atoms with van der Waals surface area (Å²) in [5.74, 6) is 1.55. The van der Waals surface area contributed by atoms with Crippen LogP contribution < -0.4 is 14.8 Å². The lowest BCUT2D eigenvalue weighted by Gasteiger charge is -2.11. The lowest BCUT2D eigenvalue weighted by Crippen LogP contribution is -2.16. The van der Waals surface area contributed by atoms with Crippen molar-refractivity contribution < 1.29 is 14.3 Å². The van der Waals surface area contributed by atoms with Crippen LogP contribution in [0.4, 0.5) is 10.5 Å². The van der Waals surface area contributed by atoms with Crippen molar-refractivity contribution in [2.75, 3.05) is 12.4 Å². The maximum Gasteiger partial charge on any atom is 0.417 e. The number of hydrogen-bond acceptors (Lipinski definition) is 4. The minimum Gasteiger partial charge on any atom is -0.496 e. The Morgan fingerprint density at radius 3 is 2.55 bits per heavy atom. The van der Waals surface area contributed by atoms with E-state index < -0.39 is 6.09 Å². The summed E-state index contributed by atoms with van der Waals surface area (Å²) < 4.78 is 10.9. The highest BCUT2D eigenvalue weighted by molar-refractivity contribution is 6.39. The maximum atomic E-state index is 12.5. The van der Waals surface area contributed by atoms with Gasteiger partial charge >= 0.3 is 6.09 Å². The van der Waals surface area contributed by atoms with E-state index in [4.69, 9.17) is 32.7 Å². The molecule has 0 spiro atoms. The predicted molar refractivity (Wildman–Crippen MR) is 132 cm³/mol. The molecule has 5 rings (SSSR count). The Morgan fingerprint density at radius 2 is 1.76 bits per heavy atom. The van der Waals surface area contributed by atoms with Crippen molar-refractivity contribution in [1.29, 1.82) is 0 Å². The number of imidazole rings is 1. The van der Waals surface area contributed by atoms with Gasteiger partial charge in [-0.1, -0.05) is 53.5 Å². The monoisotopic (exact) mass is 477 g/mol. The molecule has 2 N–H and O–H groups in total. The fourth-order valence-electron chi connectivity index (χ4n) is 3.66. The third-order valence-corrected chi connectivity index (χ3v) is 5.78. The summed E-state index contributed by atoms with van der Waals surface area (Å²) in [7, 11) is 1.59. The number of anilines is 1. The highest BCUT2D eigenvalue weighted by Crippen LogP contribution is 2.34. The Bertz CT molecular complexity index is 1490. The zero-order valence-electron chi connectivity index (χ0n) is 17.4. The second-order valence-corrected chi connectivity index (χ2v) is 8.09. The number of aromatic nitrogens is 2. The number of nitrogens with one attached hydrogen (secondary N) is 2. The van der Waals surface area contributed by atoms with E-state index in [2.05, 4.69) is 15.3 Å². The summed E-state index contributed by atoms with van der Waals surface area (Å²) in [6.45, 7) is 0. The first-order valence-electron chi connectivity index (χ1n) is 10.0. The number of carbonyl (C=O) groups is 1. The van der Waals surface area contributed by atoms with Crippen LogP contribution in [0.25, 0.3) is 33.2 Å². The highest BCUT2D eigenvalue weighted by Gasteiger charge is 2.14. The molecular formula is C25H17Cl2N3O3. The molecule has 0 bridgehead atoms. The van der Waals surface area contributed by atoms with Gasteiger partial charge in [-0.3, -0.25) is 5.32 Å². The molecule has 0 saturated heterocycles. The van der Waals surface area contributed by atoms with Gasteiger partial charge in [0.15, 0.2) is 0 Å². The van der Waals surface area contributed by atoms with Gasteiger partial charge in [0.1, 0.15) is 17.3 Å². The Hall–Kier alpha value is -3.74. The minimum absolute atomic E-state index is 0.355. The summed E-state index contributed by atoms with van der Waals surface area (Å²) in [5.41, 5.74) is 2.54. The molecule has 164 valence electrons. The Balaban J connectivity index is 1.38. The van der Waals surface area contributed by atoms with E-state index >= 15 is 0 Å². The van der Waals surface area contributed by atoms with Gasteiger partial charge < -0.3 is 14.5 Å². The van der Waals surface area contributed by atoms with Crippen molar-refractivity contribution in [3.05, 3.63) is 82.8 Å². The SMILES string of the molecule is COc1cc(NC(=O)Oc2ccc3nc(-c4c(Cl)cccc4Cl)[nH]c3c2)cc2ccccc12. The molecule has 0 radical (unpaired) electrons. The third kappa shape index (κ3) is 4.18. The molecular weight excluding hydrogens is 461 g/mol. The molecule has 0 unspecified atom stereocenters. The molecule has 0 fully saturated rings. The number of benzene rings is 4. The maximum absolute atomic E-state index is 12.5. The number of methoxy groups -OCH3 is 1. The number of hydrogen-bond donors (Lipinski definition) is 2. The topological polar surface area (TPSA) is 76.2 Å². The largest absolute Gasteiger partial charge is 0.496 e. The summed E-state index contributed by atoms with van der Waals surface area (Å²) in [6.07, 6.45) is -0.624. The number of fused-ring (bicyclic) bond motifs is 2. The normalized spacial score (nSPS) is 11.0. The van der Waals surface area contributed by atoms with E-state index in [1.807, 2.05) is 30.3 Å². The van der Waals surface area contributed by atoms with Gasteiger partial charge in [0.25, 0.3) is 0 Å². The minimum atomic E-state index is -0.624. The molecule has 6 nitrogen and oxygen atoms in total. The molecule has 1 heterocycles. The number of H-pyrrole nitrogens is 1. The molecule has 0 aliphatic rings. The fourth-order valence-corrected chi connectivity index (χ4v) is 4.24. The zero-order valence-corrected chi connectivity index (χ0v) is 18.9. The van der Waals surface area contributed by atoms with Gasteiger partial charge in [-0.25, -0.2) is 9.78 Å². The average Bonchev–Trinajstić information content (AvgIpc) is 3.21. The second-order valence-electron chi connectivity index (χ2n) is 7.28.